The molecule has 24 heavy (non-hydrogen) atoms. The van der Waals surface area contributed by atoms with Gasteiger partial charge in [-0.2, -0.15) is 0 Å². The fraction of sp³-hybridized carbons (Fsp3) is 0.167. The Morgan fingerprint density at radius 3 is 2.54 bits per heavy atom. The molecule has 3 rings (SSSR count). The summed E-state index contributed by atoms with van der Waals surface area (Å²) >= 11 is 5.23. The van der Waals surface area contributed by atoms with Crippen LogP contribution in [0.4, 0.5) is 8.78 Å². The van der Waals surface area contributed by atoms with E-state index < -0.39 is 0 Å². The highest BCUT2D eigenvalue weighted by molar-refractivity contribution is 7.80. The second-order valence-corrected chi connectivity index (χ2v) is 5.90. The van der Waals surface area contributed by atoms with Gasteiger partial charge >= 0.3 is 0 Å². The molecule has 0 aliphatic heterocycles. The molecular formula is C18H17F2N3S. The average Bonchev–Trinajstić information content (AvgIpc) is 2.96. The minimum atomic E-state index is -0.252. The van der Waals surface area contributed by atoms with Crippen molar-refractivity contribution < 1.29 is 8.78 Å². The average molecular weight is 345 g/mol. The van der Waals surface area contributed by atoms with Gasteiger partial charge < -0.3 is 15.6 Å². The van der Waals surface area contributed by atoms with Crippen LogP contribution in [0.1, 0.15) is 11.1 Å². The van der Waals surface area contributed by atoms with Crippen molar-refractivity contribution in [2.24, 2.45) is 0 Å². The van der Waals surface area contributed by atoms with Gasteiger partial charge in [0.15, 0.2) is 5.11 Å². The highest BCUT2D eigenvalue weighted by Crippen LogP contribution is 2.19. The van der Waals surface area contributed by atoms with E-state index in [0.29, 0.717) is 18.2 Å². The predicted octanol–water partition coefficient (Wildman–Crippen LogP) is 3.65. The molecular weight excluding hydrogens is 328 g/mol. The molecule has 3 N–H and O–H groups in total. The quantitative estimate of drug-likeness (QED) is 0.618. The number of thiocarbonyl (C=S) groups is 1. The molecule has 2 aromatic carbocycles. The van der Waals surface area contributed by atoms with Crippen molar-refractivity contribution in [3.05, 3.63) is 71.4 Å². The lowest BCUT2D eigenvalue weighted by molar-refractivity contribution is 0.626. The third kappa shape index (κ3) is 4.08. The number of halogens is 2. The number of hydrogen-bond acceptors (Lipinski definition) is 1. The molecule has 1 heterocycles. The molecule has 6 heteroatoms. The highest BCUT2D eigenvalue weighted by Gasteiger charge is 2.05. The van der Waals surface area contributed by atoms with Crippen LogP contribution in [0.25, 0.3) is 10.9 Å². The number of benzene rings is 2. The van der Waals surface area contributed by atoms with Crippen LogP contribution < -0.4 is 10.6 Å². The Balaban J connectivity index is 1.47. The van der Waals surface area contributed by atoms with Crippen LogP contribution in [-0.4, -0.2) is 16.6 Å². The van der Waals surface area contributed by atoms with E-state index in [0.717, 1.165) is 28.5 Å². The van der Waals surface area contributed by atoms with E-state index in [1.807, 2.05) is 6.20 Å². The summed E-state index contributed by atoms with van der Waals surface area (Å²) < 4.78 is 26.0. The molecule has 0 bridgehead atoms. The van der Waals surface area contributed by atoms with Crippen LogP contribution in [0.5, 0.6) is 0 Å². The van der Waals surface area contributed by atoms with Gasteiger partial charge in [0.25, 0.3) is 0 Å². The van der Waals surface area contributed by atoms with Crippen molar-refractivity contribution in [2.45, 2.75) is 13.0 Å². The first kappa shape index (κ1) is 16.4. The van der Waals surface area contributed by atoms with E-state index in [1.165, 1.54) is 24.3 Å². The number of H-pyrrole nitrogens is 1. The molecule has 0 aliphatic rings. The SMILES string of the molecule is Fc1ccc(CNC(=S)NCCc2c[nH]c3cc(F)ccc23)cc1. The summed E-state index contributed by atoms with van der Waals surface area (Å²) in [5.41, 5.74) is 2.86. The monoisotopic (exact) mass is 345 g/mol. The second kappa shape index (κ2) is 7.40. The van der Waals surface area contributed by atoms with Gasteiger partial charge in [-0.1, -0.05) is 12.1 Å². The number of rotatable bonds is 5. The van der Waals surface area contributed by atoms with Gasteiger partial charge in [0, 0.05) is 30.2 Å². The van der Waals surface area contributed by atoms with Crippen LogP contribution >= 0.6 is 12.2 Å². The van der Waals surface area contributed by atoms with Crippen molar-refractivity contribution in [3.63, 3.8) is 0 Å². The number of fused-ring (bicyclic) bond motifs is 1. The maximum absolute atomic E-state index is 13.2. The summed E-state index contributed by atoms with van der Waals surface area (Å²) in [4.78, 5) is 3.07. The van der Waals surface area contributed by atoms with Crippen LogP contribution in [-0.2, 0) is 13.0 Å². The highest BCUT2D eigenvalue weighted by atomic mass is 32.1. The molecule has 1 aromatic heterocycles. The summed E-state index contributed by atoms with van der Waals surface area (Å²) in [7, 11) is 0. The number of hydrogen-bond donors (Lipinski definition) is 3. The molecule has 0 aliphatic carbocycles. The Morgan fingerprint density at radius 1 is 1.00 bits per heavy atom. The van der Waals surface area contributed by atoms with Crippen LogP contribution in [0.15, 0.2) is 48.7 Å². The molecule has 124 valence electrons. The first-order valence-corrected chi connectivity index (χ1v) is 8.04. The smallest absolute Gasteiger partial charge is 0.166 e. The van der Waals surface area contributed by atoms with E-state index in [4.69, 9.17) is 12.2 Å². The van der Waals surface area contributed by atoms with Crippen LogP contribution in [0, 0.1) is 11.6 Å². The maximum atomic E-state index is 13.2. The van der Waals surface area contributed by atoms with Crippen LogP contribution in [0.2, 0.25) is 0 Å². The fourth-order valence-corrected chi connectivity index (χ4v) is 2.70. The summed E-state index contributed by atoms with van der Waals surface area (Å²) in [6.45, 7) is 1.21. The number of nitrogens with one attached hydrogen (secondary N) is 3. The van der Waals surface area contributed by atoms with Crippen LogP contribution in [0.3, 0.4) is 0 Å². The molecule has 0 spiro atoms. The molecule has 0 saturated heterocycles. The van der Waals surface area contributed by atoms with E-state index in [2.05, 4.69) is 15.6 Å². The van der Waals surface area contributed by atoms with Crippen molar-refractivity contribution in [2.75, 3.05) is 6.54 Å². The van der Waals surface area contributed by atoms with Crippen molar-refractivity contribution in [1.82, 2.24) is 15.6 Å². The lowest BCUT2D eigenvalue weighted by Crippen LogP contribution is -2.35. The molecule has 0 atom stereocenters. The largest absolute Gasteiger partial charge is 0.362 e. The minimum Gasteiger partial charge on any atom is -0.362 e. The van der Waals surface area contributed by atoms with E-state index in [9.17, 15) is 8.78 Å². The summed E-state index contributed by atoms with van der Waals surface area (Å²) in [5.74, 6) is -0.502. The normalized spacial score (nSPS) is 10.8. The van der Waals surface area contributed by atoms with Crippen molar-refractivity contribution in [1.29, 1.82) is 0 Å². The topological polar surface area (TPSA) is 39.8 Å². The standard InChI is InChI=1S/C18H17F2N3S/c19-14-3-1-12(2-4-14)10-23-18(24)21-8-7-13-11-22-17-9-15(20)5-6-16(13)17/h1-6,9,11,22H,7-8,10H2,(H2,21,23,24). The molecule has 0 unspecified atom stereocenters. The second-order valence-electron chi connectivity index (χ2n) is 5.49. The third-order valence-corrected chi connectivity index (χ3v) is 4.06. The van der Waals surface area contributed by atoms with E-state index in [-0.39, 0.29) is 11.6 Å². The summed E-state index contributed by atoms with van der Waals surface area (Å²) in [6.07, 6.45) is 2.66. The number of aromatic nitrogens is 1. The Labute approximate surface area is 144 Å². The number of aromatic amines is 1. The molecule has 3 nitrogen and oxygen atoms in total. The van der Waals surface area contributed by atoms with Gasteiger partial charge in [-0.15, -0.1) is 0 Å². The lowest BCUT2D eigenvalue weighted by atomic mass is 10.1. The van der Waals surface area contributed by atoms with Gasteiger partial charge in [-0.3, -0.25) is 0 Å². The van der Waals surface area contributed by atoms with Gasteiger partial charge in [-0.05, 0) is 60.1 Å². The zero-order chi connectivity index (χ0) is 16.9. The lowest BCUT2D eigenvalue weighted by Gasteiger charge is -2.10. The van der Waals surface area contributed by atoms with Gasteiger partial charge in [-0.25, -0.2) is 8.78 Å². The summed E-state index contributed by atoms with van der Waals surface area (Å²) in [5, 5.41) is 7.78. The zero-order valence-electron chi connectivity index (χ0n) is 12.9. The minimum absolute atomic E-state index is 0.250. The third-order valence-electron chi connectivity index (χ3n) is 3.78. The summed E-state index contributed by atoms with van der Waals surface area (Å²) in [6, 6.07) is 11.0. The van der Waals surface area contributed by atoms with Gasteiger partial charge in [0.2, 0.25) is 0 Å². The Kier molecular flexibility index (Phi) is 5.05. The Bertz CT molecular complexity index is 843. The van der Waals surface area contributed by atoms with E-state index >= 15 is 0 Å². The van der Waals surface area contributed by atoms with Crippen molar-refractivity contribution >= 4 is 28.2 Å². The molecule has 0 radical (unpaired) electrons. The molecule has 3 aromatic rings. The molecule has 0 saturated carbocycles. The molecule has 0 amide bonds. The predicted molar refractivity (Wildman–Crippen MR) is 95.8 cm³/mol. The first-order chi connectivity index (χ1) is 11.6. The van der Waals surface area contributed by atoms with E-state index in [1.54, 1.807) is 18.2 Å². The molecule has 0 fully saturated rings. The van der Waals surface area contributed by atoms with Crippen molar-refractivity contribution in [3.8, 4) is 0 Å². The van der Waals surface area contributed by atoms with Gasteiger partial charge in [0.05, 0.1) is 0 Å². The Morgan fingerprint density at radius 2 is 1.75 bits per heavy atom. The maximum Gasteiger partial charge on any atom is 0.166 e. The van der Waals surface area contributed by atoms with Gasteiger partial charge in [0.1, 0.15) is 11.6 Å². The zero-order valence-corrected chi connectivity index (χ0v) is 13.7. The Hall–Kier alpha value is -2.47. The fourth-order valence-electron chi connectivity index (χ4n) is 2.52. The first-order valence-electron chi connectivity index (χ1n) is 7.63.